The fraction of sp³-hybridized carbons (Fsp3) is 0.163. The molecule has 0 aliphatic heterocycles. The fourth-order valence-electron chi connectivity index (χ4n) is 6.87. The molecule has 0 fully saturated rings. The molecule has 2 aliphatic carbocycles. The molecule has 0 bridgehead atoms. The molecule has 0 N–H and O–H groups in total. The molecular formula is C43H38. The molecule has 1 unspecified atom stereocenters. The van der Waals surface area contributed by atoms with E-state index >= 15 is 0 Å². The van der Waals surface area contributed by atoms with E-state index in [1.54, 1.807) is 0 Å². The van der Waals surface area contributed by atoms with Gasteiger partial charge in [0.2, 0.25) is 0 Å². The maximum absolute atomic E-state index is 2.37. The predicted molar refractivity (Wildman–Crippen MR) is 186 cm³/mol. The van der Waals surface area contributed by atoms with Crippen molar-refractivity contribution in [2.45, 2.75) is 39.5 Å². The van der Waals surface area contributed by atoms with Gasteiger partial charge < -0.3 is 0 Å². The second-order valence-electron chi connectivity index (χ2n) is 12.0. The summed E-state index contributed by atoms with van der Waals surface area (Å²) in [6.07, 6.45) is 15.7. The molecule has 0 saturated heterocycles. The Balaban J connectivity index is 1.23. The standard InChI is InChI=1S/C43H38/c1-3-31-11-5-4-6-15-42(43-16-10-9-14-41(43)30(31)2)34-20-17-33(18-21-34)36-23-24-39-29-40(26-25-38(39)28-36)37-22-19-32-12-7-8-13-35(32)27-37/h4-14,16-18,20-21,23-29,31H,3,15,19,22H2,1-2H3/b6-4-,11-5-,41-30-,43-42+. The summed E-state index contributed by atoms with van der Waals surface area (Å²) in [6, 6.07) is 40.8. The highest BCUT2D eigenvalue weighted by Gasteiger charge is 2.13. The number of allylic oxidation sites excluding steroid dienone is 5. The molecule has 43 heavy (non-hydrogen) atoms. The van der Waals surface area contributed by atoms with Gasteiger partial charge in [-0.25, -0.2) is 0 Å². The minimum atomic E-state index is 0.451. The first kappa shape index (κ1) is 27.2. The summed E-state index contributed by atoms with van der Waals surface area (Å²) >= 11 is 0. The van der Waals surface area contributed by atoms with Crippen LogP contribution in [0.1, 0.15) is 55.4 Å². The zero-order valence-electron chi connectivity index (χ0n) is 25.2. The van der Waals surface area contributed by atoms with Crippen molar-refractivity contribution in [3.8, 4) is 11.1 Å². The summed E-state index contributed by atoms with van der Waals surface area (Å²) in [5, 5.41) is 5.30. The van der Waals surface area contributed by atoms with E-state index < -0.39 is 0 Å². The molecule has 0 saturated carbocycles. The molecule has 1 atom stereocenters. The van der Waals surface area contributed by atoms with Crippen molar-refractivity contribution in [3.05, 3.63) is 166 Å². The summed E-state index contributed by atoms with van der Waals surface area (Å²) in [6.45, 7) is 4.58. The van der Waals surface area contributed by atoms with Crippen LogP contribution < -0.4 is 10.4 Å². The first-order valence-corrected chi connectivity index (χ1v) is 15.7. The van der Waals surface area contributed by atoms with Gasteiger partial charge in [0.1, 0.15) is 0 Å². The van der Waals surface area contributed by atoms with Gasteiger partial charge in [-0.3, -0.25) is 0 Å². The smallest absolute Gasteiger partial charge is 0.00163 e. The van der Waals surface area contributed by atoms with Gasteiger partial charge in [-0.15, -0.1) is 0 Å². The maximum atomic E-state index is 2.37. The lowest BCUT2D eigenvalue weighted by atomic mass is 9.88. The van der Waals surface area contributed by atoms with Crippen LogP contribution in [0.25, 0.3) is 44.7 Å². The van der Waals surface area contributed by atoms with Gasteiger partial charge in [0, 0.05) is 0 Å². The van der Waals surface area contributed by atoms with Crippen LogP contribution in [0, 0.1) is 5.92 Å². The fourth-order valence-corrected chi connectivity index (χ4v) is 6.87. The highest BCUT2D eigenvalue weighted by molar-refractivity contribution is 5.93. The highest BCUT2D eigenvalue weighted by Crippen LogP contribution is 2.33. The molecule has 5 aromatic rings. The van der Waals surface area contributed by atoms with E-state index in [4.69, 9.17) is 0 Å². The third kappa shape index (κ3) is 5.46. The normalized spacial score (nSPS) is 20.5. The Hall–Kier alpha value is -4.68. The summed E-state index contributed by atoms with van der Waals surface area (Å²) in [5.74, 6) is 0.451. The Morgan fingerprint density at radius 3 is 2.12 bits per heavy atom. The van der Waals surface area contributed by atoms with Crippen molar-refractivity contribution >= 4 is 33.6 Å². The molecule has 210 valence electrons. The predicted octanol–water partition coefficient (Wildman–Crippen LogP) is 9.91. The molecule has 5 aromatic carbocycles. The van der Waals surface area contributed by atoms with Crippen LogP contribution >= 0.6 is 0 Å². The van der Waals surface area contributed by atoms with Crippen LogP contribution in [0.3, 0.4) is 0 Å². The van der Waals surface area contributed by atoms with Crippen molar-refractivity contribution in [2.75, 3.05) is 0 Å². The third-order valence-electron chi connectivity index (χ3n) is 9.41. The zero-order valence-corrected chi connectivity index (χ0v) is 25.2. The van der Waals surface area contributed by atoms with Gasteiger partial charge in [0.15, 0.2) is 0 Å². The molecule has 0 heteroatoms. The van der Waals surface area contributed by atoms with Crippen molar-refractivity contribution in [3.63, 3.8) is 0 Å². The summed E-state index contributed by atoms with van der Waals surface area (Å²) in [5.41, 5.74) is 12.2. The first-order valence-electron chi connectivity index (χ1n) is 15.7. The van der Waals surface area contributed by atoms with Crippen LogP contribution in [0.4, 0.5) is 0 Å². The van der Waals surface area contributed by atoms with E-state index in [1.165, 1.54) is 71.3 Å². The van der Waals surface area contributed by atoms with Crippen LogP contribution in [0.15, 0.2) is 133 Å². The molecule has 0 heterocycles. The van der Waals surface area contributed by atoms with Gasteiger partial charge >= 0.3 is 0 Å². The van der Waals surface area contributed by atoms with E-state index in [0.717, 1.165) is 25.7 Å². The molecule has 0 nitrogen and oxygen atoms in total. The molecule has 0 spiro atoms. The van der Waals surface area contributed by atoms with Gasteiger partial charge in [-0.1, -0.05) is 140 Å². The number of benzene rings is 5. The Morgan fingerprint density at radius 2 is 1.30 bits per heavy atom. The van der Waals surface area contributed by atoms with Crippen LogP contribution in [0.2, 0.25) is 0 Å². The summed E-state index contributed by atoms with van der Waals surface area (Å²) < 4.78 is 0. The average Bonchev–Trinajstić information content (AvgIpc) is 3.07. The van der Waals surface area contributed by atoms with E-state index in [2.05, 4.69) is 153 Å². The summed E-state index contributed by atoms with van der Waals surface area (Å²) in [4.78, 5) is 0. The largest absolute Gasteiger partial charge is 0.0801 e. The second kappa shape index (κ2) is 11.9. The lowest BCUT2D eigenvalue weighted by molar-refractivity contribution is 0.782. The minimum absolute atomic E-state index is 0.451. The number of hydrogen-bond donors (Lipinski definition) is 0. The number of rotatable bonds is 4. The van der Waals surface area contributed by atoms with Gasteiger partial charge in [-0.05, 0) is 116 Å². The Bertz CT molecular complexity index is 2030. The van der Waals surface area contributed by atoms with Crippen LogP contribution in [-0.4, -0.2) is 0 Å². The monoisotopic (exact) mass is 554 g/mol. The minimum Gasteiger partial charge on any atom is -0.0801 e. The Morgan fingerprint density at radius 1 is 0.628 bits per heavy atom. The van der Waals surface area contributed by atoms with Crippen LogP contribution in [-0.2, 0) is 6.42 Å². The quantitative estimate of drug-likeness (QED) is 0.207. The van der Waals surface area contributed by atoms with Crippen molar-refractivity contribution < 1.29 is 0 Å². The number of fused-ring (bicyclic) bond motifs is 3. The van der Waals surface area contributed by atoms with Gasteiger partial charge in [0.05, 0.1) is 0 Å². The molecule has 0 radical (unpaired) electrons. The highest BCUT2D eigenvalue weighted by atomic mass is 14.2. The van der Waals surface area contributed by atoms with E-state index in [9.17, 15) is 0 Å². The van der Waals surface area contributed by atoms with Crippen molar-refractivity contribution in [2.24, 2.45) is 5.92 Å². The Labute approximate surface area is 255 Å². The first-order chi connectivity index (χ1) is 21.2. The van der Waals surface area contributed by atoms with Crippen LogP contribution in [0.5, 0.6) is 0 Å². The van der Waals surface area contributed by atoms with Crippen molar-refractivity contribution in [1.29, 1.82) is 0 Å². The number of aryl methyl sites for hydroxylation is 1. The molecule has 7 rings (SSSR count). The van der Waals surface area contributed by atoms with E-state index in [0.29, 0.717) is 5.92 Å². The molecule has 0 amide bonds. The molecular weight excluding hydrogens is 516 g/mol. The SMILES string of the molecule is CCC1/C=C\C=C/C/C(c2ccc(-c3ccc4cc(C5=Cc6ccccc6CC5)ccc4c3)cc2)=c2/cccc/c2=C/1C. The molecule has 0 aromatic heterocycles. The van der Waals surface area contributed by atoms with Gasteiger partial charge in [0.25, 0.3) is 0 Å². The topological polar surface area (TPSA) is 0 Å². The zero-order chi connectivity index (χ0) is 29.2. The van der Waals surface area contributed by atoms with E-state index in [1.807, 2.05) is 0 Å². The lowest BCUT2D eigenvalue weighted by Gasteiger charge is -2.17. The van der Waals surface area contributed by atoms with E-state index in [-0.39, 0.29) is 0 Å². The maximum Gasteiger partial charge on any atom is -0.00163 e. The summed E-state index contributed by atoms with van der Waals surface area (Å²) in [7, 11) is 0. The Kier molecular flexibility index (Phi) is 7.52. The second-order valence-corrected chi connectivity index (χ2v) is 12.0. The lowest BCUT2D eigenvalue weighted by Crippen LogP contribution is -2.30. The van der Waals surface area contributed by atoms with Gasteiger partial charge in [-0.2, -0.15) is 0 Å². The number of hydrogen-bond acceptors (Lipinski definition) is 0. The van der Waals surface area contributed by atoms with Crippen molar-refractivity contribution in [1.82, 2.24) is 0 Å². The average molecular weight is 555 g/mol. The third-order valence-corrected chi connectivity index (χ3v) is 9.41. The molecule has 2 aliphatic rings.